The molecular weight excluding hydrogens is 743 g/mol. The molecule has 54 heavy (non-hydrogen) atoms. The van der Waals surface area contributed by atoms with E-state index in [9.17, 15) is 9.59 Å². The normalized spacial score (nSPS) is 10.6. The number of aromatic nitrogens is 6. The van der Waals surface area contributed by atoms with Crippen LogP contribution >= 0.6 is 15.9 Å². The Labute approximate surface area is 320 Å². The minimum atomic E-state index is -1.39. The largest absolute Gasteiger partial charge is 0.488 e. The van der Waals surface area contributed by atoms with E-state index in [-0.39, 0.29) is 10.9 Å². The molecule has 0 amide bonds. The summed E-state index contributed by atoms with van der Waals surface area (Å²) in [4.78, 5) is 47.9. The van der Waals surface area contributed by atoms with Gasteiger partial charge in [-0.05, 0) is 91.0 Å². The second-order valence-corrected chi connectivity index (χ2v) is 13.5. The number of hydrogen-bond donors (Lipinski definition) is 4. The van der Waals surface area contributed by atoms with Gasteiger partial charge in [-0.15, -0.1) is 0 Å². The minimum absolute atomic E-state index is 0.0310. The predicted molar refractivity (Wildman–Crippen MR) is 220 cm³/mol. The van der Waals surface area contributed by atoms with Gasteiger partial charge in [0.15, 0.2) is 10.9 Å². The number of nitrogens with zero attached hydrogens (tertiary/aromatic N) is 4. The lowest BCUT2D eigenvalue weighted by atomic mass is 9.80. The lowest BCUT2D eigenvalue weighted by Crippen LogP contribution is -2.30. The molecule has 0 atom stereocenters. The molecule has 2 aromatic carbocycles. The number of nitrogens with one attached hydrogen (secondary N) is 2. The van der Waals surface area contributed by atoms with E-state index in [1.54, 1.807) is 24.5 Å². The summed E-state index contributed by atoms with van der Waals surface area (Å²) in [6.45, 7) is 7.58. The Kier molecular flexibility index (Phi) is 11.7. The van der Waals surface area contributed by atoms with Crippen LogP contribution in [0, 0.1) is 27.7 Å². The first kappa shape index (κ1) is 37.7. The summed E-state index contributed by atoms with van der Waals surface area (Å²) in [6.07, 6.45) is 3.24. The highest BCUT2D eigenvalue weighted by Gasteiger charge is 2.14. The van der Waals surface area contributed by atoms with Gasteiger partial charge in [0.05, 0.1) is 22.2 Å². The number of pyridine rings is 6. The van der Waals surface area contributed by atoms with Crippen LogP contribution in [-0.2, 0) is 0 Å². The summed E-state index contributed by atoms with van der Waals surface area (Å²) in [6, 6.07) is 34.0. The molecule has 0 aliphatic carbocycles. The highest BCUT2D eigenvalue weighted by atomic mass is 79.9. The summed E-state index contributed by atoms with van der Waals surface area (Å²) in [5.41, 5.74) is 10.7. The number of aryl methyl sites for hydroxylation is 4. The maximum atomic E-state index is 12.3. The first-order chi connectivity index (χ1) is 26.0. The molecule has 6 aromatic heterocycles. The van der Waals surface area contributed by atoms with Crippen molar-refractivity contribution < 1.29 is 10.0 Å². The van der Waals surface area contributed by atoms with Crippen LogP contribution in [0.1, 0.15) is 22.8 Å². The first-order valence-electron chi connectivity index (χ1n) is 17.0. The lowest BCUT2D eigenvalue weighted by Gasteiger charge is -2.12. The fourth-order valence-corrected chi connectivity index (χ4v) is 6.56. The Balaban J connectivity index is 0.000000150. The molecule has 0 unspecified atom stereocenters. The zero-order chi connectivity index (χ0) is 38.4. The van der Waals surface area contributed by atoms with E-state index in [1.807, 2.05) is 113 Å². The molecule has 12 heteroatoms. The first-order valence-corrected chi connectivity index (χ1v) is 17.8. The zero-order valence-electron chi connectivity index (χ0n) is 30.0. The average molecular weight is 780 g/mol. The Hall–Kier alpha value is -6.08. The number of aromatic amines is 2. The minimum Gasteiger partial charge on any atom is -0.423 e. The molecule has 0 fully saturated rings. The molecule has 8 aromatic rings. The molecule has 0 radical (unpaired) electrons. The van der Waals surface area contributed by atoms with E-state index in [1.165, 1.54) is 12.1 Å². The summed E-state index contributed by atoms with van der Waals surface area (Å²) in [5.74, 6) is 0. The molecule has 0 aliphatic rings. The topological polar surface area (TPSA) is 158 Å². The molecule has 4 N–H and O–H groups in total. The van der Waals surface area contributed by atoms with E-state index in [2.05, 4.69) is 40.8 Å². The molecule has 10 nitrogen and oxygen atoms in total. The summed E-state index contributed by atoms with van der Waals surface area (Å²) in [7, 11) is -1.39. The Bertz CT molecular complexity index is 2660. The van der Waals surface area contributed by atoms with E-state index < -0.39 is 7.12 Å². The van der Waals surface area contributed by atoms with Crippen molar-refractivity contribution in [1.82, 2.24) is 29.9 Å². The molecule has 0 saturated heterocycles. The number of fused-ring (bicyclic) bond motifs is 2. The third-order valence-corrected chi connectivity index (χ3v) is 8.93. The van der Waals surface area contributed by atoms with Gasteiger partial charge in [0, 0.05) is 68.5 Å². The third-order valence-electron chi connectivity index (χ3n) is 8.33. The second kappa shape index (κ2) is 16.7. The highest BCUT2D eigenvalue weighted by Crippen LogP contribution is 2.33. The van der Waals surface area contributed by atoms with Crippen LogP contribution in [0.2, 0.25) is 0 Å². The van der Waals surface area contributed by atoms with Gasteiger partial charge in [-0.2, -0.15) is 0 Å². The maximum absolute atomic E-state index is 12.3. The van der Waals surface area contributed by atoms with Crippen molar-refractivity contribution in [3.8, 4) is 33.6 Å². The second-order valence-electron chi connectivity index (χ2n) is 12.6. The summed E-state index contributed by atoms with van der Waals surface area (Å²) in [5, 5.41) is 18.8. The third kappa shape index (κ3) is 8.92. The van der Waals surface area contributed by atoms with Crippen LogP contribution in [0.4, 0.5) is 0 Å². The van der Waals surface area contributed by atoms with Gasteiger partial charge in [0.1, 0.15) is 11.3 Å². The standard InChI is InChI=1S/C21H17N3O.C14H9BrN2O.C7H10BNO2/c1-13-10-16(11-14(2)23-13)17-12-18-19(25)8-9-22-21(18)24-20(17)15-6-4-3-5-7-15;15-11-8-10-12(18)6-7-16-14(10)17-13(11)9-4-2-1-3-5-9;1-5-3-7(8(10)11)4-6(2)9-5/h3-12H,1-2H3,(H,22,24,25);1-8H,(H,16,17,18);3-4,10-11H,1-2H3. The quantitative estimate of drug-likeness (QED) is 0.139. The van der Waals surface area contributed by atoms with Gasteiger partial charge in [-0.25, -0.2) is 9.97 Å². The van der Waals surface area contributed by atoms with Crippen molar-refractivity contribution in [1.29, 1.82) is 0 Å². The molecule has 0 spiro atoms. The number of rotatable bonds is 4. The summed E-state index contributed by atoms with van der Waals surface area (Å²) >= 11 is 3.47. The van der Waals surface area contributed by atoms with Gasteiger partial charge in [-0.3, -0.25) is 19.6 Å². The van der Waals surface area contributed by atoms with Crippen LogP contribution in [0.15, 0.2) is 136 Å². The van der Waals surface area contributed by atoms with E-state index >= 15 is 0 Å². The van der Waals surface area contributed by atoms with Crippen molar-refractivity contribution in [2.45, 2.75) is 27.7 Å². The molecule has 8 rings (SSSR count). The highest BCUT2D eigenvalue weighted by molar-refractivity contribution is 9.10. The van der Waals surface area contributed by atoms with Crippen LogP contribution < -0.4 is 16.3 Å². The fraction of sp³-hybridized carbons (Fsp3) is 0.0952. The number of hydrogen-bond acceptors (Lipinski definition) is 8. The monoisotopic (exact) mass is 778 g/mol. The maximum Gasteiger partial charge on any atom is 0.488 e. The molecule has 268 valence electrons. The zero-order valence-corrected chi connectivity index (χ0v) is 31.6. The lowest BCUT2D eigenvalue weighted by molar-refractivity contribution is 0.425. The van der Waals surface area contributed by atoms with Crippen molar-refractivity contribution in [2.75, 3.05) is 0 Å². The Morgan fingerprint density at radius 2 is 0.981 bits per heavy atom. The Morgan fingerprint density at radius 1 is 0.537 bits per heavy atom. The van der Waals surface area contributed by atoms with Gasteiger partial charge in [0.25, 0.3) is 0 Å². The van der Waals surface area contributed by atoms with Gasteiger partial charge >= 0.3 is 7.12 Å². The van der Waals surface area contributed by atoms with Crippen LogP contribution in [0.25, 0.3) is 55.7 Å². The van der Waals surface area contributed by atoms with Crippen LogP contribution in [0.3, 0.4) is 0 Å². The van der Waals surface area contributed by atoms with Gasteiger partial charge in [0.2, 0.25) is 0 Å². The predicted octanol–water partition coefficient (Wildman–Crippen LogP) is 7.00. The smallest absolute Gasteiger partial charge is 0.423 e. The van der Waals surface area contributed by atoms with E-state index in [0.717, 1.165) is 60.9 Å². The van der Waals surface area contributed by atoms with Crippen molar-refractivity contribution in [3.05, 3.63) is 169 Å². The van der Waals surface area contributed by atoms with Crippen LogP contribution in [-0.4, -0.2) is 47.1 Å². The van der Waals surface area contributed by atoms with Crippen molar-refractivity contribution in [3.63, 3.8) is 0 Å². The van der Waals surface area contributed by atoms with Crippen molar-refractivity contribution >= 4 is 50.6 Å². The Morgan fingerprint density at radius 3 is 1.48 bits per heavy atom. The molecule has 0 saturated carbocycles. The number of H-pyrrole nitrogens is 2. The fourth-order valence-electron chi connectivity index (χ4n) is 6.01. The average Bonchev–Trinajstić information content (AvgIpc) is 3.15. The van der Waals surface area contributed by atoms with Crippen LogP contribution in [0.5, 0.6) is 0 Å². The number of benzene rings is 2. The molecular formula is C42H36BBrN6O4. The molecule has 0 aliphatic heterocycles. The molecule has 0 bridgehead atoms. The van der Waals surface area contributed by atoms with E-state index in [4.69, 9.17) is 15.0 Å². The van der Waals surface area contributed by atoms with Crippen molar-refractivity contribution in [2.24, 2.45) is 0 Å². The summed E-state index contributed by atoms with van der Waals surface area (Å²) < 4.78 is 0.818. The number of halogens is 1. The van der Waals surface area contributed by atoms with E-state index in [0.29, 0.717) is 27.5 Å². The van der Waals surface area contributed by atoms with Gasteiger partial charge in [-0.1, -0.05) is 60.7 Å². The SMILES string of the molecule is Cc1cc(-c2cc3c(=O)cc[nH]c3nc2-c2ccccc2)cc(C)n1.Cc1cc(B(O)O)cc(C)n1.O=c1cc[nH]c2nc(-c3ccccc3)c(Br)cc12. The molecule has 6 heterocycles. The van der Waals surface area contributed by atoms with Gasteiger partial charge < -0.3 is 20.0 Å².